The van der Waals surface area contributed by atoms with Gasteiger partial charge in [0.2, 0.25) is 0 Å². The van der Waals surface area contributed by atoms with Crippen molar-refractivity contribution in [3.63, 3.8) is 0 Å². The molecule has 4 aromatic rings. The van der Waals surface area contributed by atoms with Crippen LogP contribution in [0.5, 0.6) is 5.75 Å². The van der Waals surface area contributed by atoms with Crippen molar-refractivity contribution in [2.24, 2.45) is 4.99 Å². The molecule has 1 unspecified atom stereocenters. The van der Waals surface area contributed by atoms with E-state index in [1.54, 1.807) is 16.7 Å². The molecule has 8 heteroatoms. The summed E-state index contributed by atoms with van der Waals surface area (Å²) < 4.78 is 8.21. The van der Waals surface area contributed by atoms with E-state index in [9.17, 15) is 14.9 Å². The van der Waals surface area contributed by atoms with Crippen molar-refractivity contribution < 1.29 is 9.66 Å². The quantitative estimate of drug-likeness (QED) is 0.272. The smallest absolute Gasteiger partial charge is 0.271 e. The first kappa shape index (κ1) is 24.1. The molecule has 0 amide bonds. The molecule has 6 rings (SSSR count). The first-order valence-electron chi connectivity index (χ1n) is 12.5. The van der Waals surface area contributed by atoms with Crippen LogP contribution < -0.4 is 19.6 Å². The fourth-order valence-electron chi connectivity index (χ4n) is 5.23. The molecule has 0 bridgehead atoms. The first-order valence-corrected chi connectivity index (χ1v) is 13.4. The molecule has 190 valence electrons. The van der Waals surface area contributed by atoms with E-state index in [2.05, 4.69) is 12.1 Å². The second-order valence-electron chi connectivity index (χ2n) is 9.67. The molecule has 0 saturated carbocycles. The largest absolute Gasteiger partial charge is 0.490 e. The lowest BCUT2D eigenvalue weighted by atomic mass is 9.83. The maximum Gasteiger partial charge on any atom is 0.271 e. The van der Waals surface area contributed by atoms with E-state index >= 15 is 0 Å². The van der Waals surface area contributed by atoms with E-state index in [4.69, 9.17) is 9.73 Å². The summed E-state index contributed by atoms with van der Waals surface area (Å²) in [6.45, 7) is 3.93. The maximum atomic E-state index is 14.0. The Bertz CT molecular complexity index is 1800. The summed E-state index contributed by atoms with van der Waals surface area (Å²) in [5.41, 5.74) is 5.48. The number of nitro benzene ring substituents is 1. The summed E-state index contributed by atoms with van der Waals surface area (Å²) in [6, 6.07) is 21.9. The fourth-order valence-corrected chi connectivity index (χ4v) is 6.22. The number of allylic oxidation sites excluding steroid dienone is 1. The highest BCUT2D eigenvalue weighted by Gasteiger charge is 2.33. The number of ether oxygens (including phenoxy) is 1. The SMILES string of the molecule is CC(C)Oc1ccccc1C=c1sc2n(c1=O)C(c1cccc([N+](=O)[O-])c1)C1=C(N=2)c2ccccc2CC1. The standard InChI is InChI=1S/C30H25N3O4S/c1-18(2)37-25-13-6-4-9-20(25)17-26-29(34)32-28(21-10-7-11-22(16-21)33(35)36)24-15-14-19-8-3-5-12-23(19)27(24)31-30(32)38-26/h3-13,16-18,28H,14-15H2,1-2H3. The van der Waals surface area contributed by atoms with Gasteiger partial charge in [-0.25, -0.2) is 4.99 Å². The van der Waals surface area contributed by atoms with Crippen molar-refractivity contribution in [3.05, 3.63) is 130 Å². The number of non-ortho nitro benzene ring substituents is 1. The van der Waals surface area contributed by atoms with Gasteiger partial charge >= 0.3 is 0 Å². The van der Waals surface area contributed by atoms with Crippen LogP contribution in [0, 0.1) is 10.1 Å². The van der Waals surface area contributed by atoms with Gasteiger partial charge in [-0.1, -0.05) is 65.9 Å². The lowest BCUT2D eigenvalue weighted by Gasteiger charge is -2.30. The van der Waals surface area contributed by atoms with Crippen molar-refractivity contribution in [2.45, 2.75) is 38.8 Å². The minimum atomic E-state index is -0.473. The van der Waals surface area contributed by atoms with Crippen molar-refractivity contribution in [1.29, 1.82) is 0 Å². The second-order valence-corrected chi connectivity index (χ2v) is 10.7. The Hall–Kier alpha value is -4.30. The summed E-state index contributed by atoms with van der Waals surface area (Å²) in [7, 11) is 0. The van der Waals surface area contributed by atoms with Crippen LogP contribution >= 0.6 is 11.3 Å². The lowest BCUT2D eigenvalue weighted by Crippen LogP contribution is -2.38. The zero-order valence-corrected chi connectivity index (χ0v) is 21.8. The van der Waals surface area contributed by atoms with Gasteiger partial charge in [0.1, 0.15) is 5.75 Å². The van der Waals surface area contributed by atoms with E-state index in [1.165, 1.54) is 23.0 Å². The Kier molecular flexibility index (Phi) is 6.04. The Balaban J connectivity index is 1.60. The average Bonchev–Trinajstić information content (AvgIpc) is 3.22. The number of nitro groups is 1. The third-order valence-electron chi connectivity index (χ3n) is 6.84. The highest BCUT2D eigenvalue weighted by molar-refractivity contribution is 7.07. The van der Waals surface area contributed by atoms with Crippen molar-refractivity contribution >= 4 is 28.8 Å². The van der Waals surface area contributed by atoms with Gasteiger partial charge in [0.25, 0.3) is 11.2 Å². The average molecular weight is 524 g/mol. The number of aryl methyl sites for hydroxylation is 1. The molecule has 1 aliphatic heterocycles. The summed E-state index contributed by atoms with van der Waals surface area (Å²) in [5, 5.41) is 11.6. The normalized spacial score (nSPS) is 16.5. The van der Waals surface area contributed by atoms with Crippen LogP contribution in [0.3, 0.4) is 0 Å². The van der Waals surface area contributed by atoms with E-state index < -0.39 is 11.0 Å². The van der Waals surface area contributed by atoms with Gasteiger partial charge in [-0.3, -0.25) is 19.5 Å². The number of para-hydroxylation sites is 1. The molecule has 0 N–H and O–H groups in total. The van der Waals surface area contributed by atoms with Crippen molar-refractivity contribution in [1.82, 2.24) is 4.57 Å². The minimum absolute atomic E-state index is 0.000233. The van der Waals surface area contributed by atoms with Crippen molar-refractivity contribution in [3.8, 4) is 5.75 Å². The monoisotopic (exact) mass is 523 g/mol. The number of fused-ring (bicyclic) bond motifs is 3. The second kappa shape index (κ2) is 9.54. The lowest BCUT2D eigenvalue weighted by molar-refractivity contribution is -0.384. The van der Waals surface area contributed by atoms with Gasteiger partial charge in [-0.15, -0.1) is 0 Å². The van der Waals surface area contributed by atoms with Gasteiger partial charge in [-0.05, 0) is 55.5 Å². The molecule has 0 spiro atoms. The molecule has 0 fully saturated rings. The highest BCUT2D eigenvalue weighted by atomic mass is 32.1. The van der Waals surface area contributed by atoms with Crippen LogP contribution in [-0.4, -0.2) is 15.6 Å². The molecule has 7 nitrogen and oxygen atoms in total. The summed E-state index contributed by atoms with van der Waals surface area (Å²) >= 11 is 1.33. The molecule has 2 heterocycles. The van der Waals surface area contributed by atoms with Gasteiger partial charge in [0, 0.05) is 23.3 Å². The van der Waals surface area contributed by atoms with E-state index in [1.807, 2.05) is 62.4 Å². The van der Waals surface area contributed by atoms with Gasteiger partial charge in [0.05, 0.1) is 27.3 Å². The minimum Gasteiger partial charge on any atom is -0.490 e. The van der Waals surface area contributed by atoms with Crippen LogP contribution in [-0.2, 0) is 6.42 Å². The fraction of sp³-hybridized carbons (Fsp3) is 0.200. The van der Waals surface area contributed by atoms with Crippen LogP contribution in [0.4, 0.5) is 5.69 Å². The van der Waals surface area contributed by atoms with Gasteiger partial charge in [-0.2, -0.15) is 0 Å². The Morgan fingerprint density at radius 1 is 1.08 bits per heavy atom. The van der Waals surface area contributed by atoms with Crippen molar-refractivity contribution in [2.75, 3.05) is 0 Å². The third kappa shape index (κ3) is 4.16. The number of aromatic nitrogens is 1. The zero-order chi connectivity index (χ0) is 26.4. The molecular formula is C30H25N3O4S. The molecule has 3 aromatic carbocycles. The molecular weight excluding hydrogens is 498 g/mol. The molecule has 2 aliphatic rings. The summed E-state index contributed by atoms with van der Waals surface area (Å²) in [6.07, 6.45) is 3.38. The molecule has 1 aliphatic carbocycles. The van der Waals surface area contributed by atoms with Crippen LogP contribution in [0.15, 0.2) is 88.2 Å². The van der Waals surface area contributed by atoms with Crippen LogP contribution in [0.2, 0.25) is 0 Å². The predicted octanol–water partition coefficient (Wildman–Crippen LogP) is 5.01. The number of hydrogen-bond acceptors (Lipinski definition) is 6. The number of hydrogen-bond donors (Lipinski definition) is 0. The van der Waals surface area contributed by atoms with E-state index in [0.29, 0.717) is 20.6 Å². The first-order chi connectivity index (χ1) is 18.4. The van der Waals surface area contributed by atoms with E-state index in [0.717, 1.165) is 35.2 Å². The van der Waals surface area contributed by atoms with Gasteiger partial charge in [0.15, 0.2) is 4.80 Å². The Labute approximate surface area is 222 Å². The molecule has 1 aromatic heterocycles. The van der Waals surface area contributed by atoms with Crippen LogP contribution in [0.25, 0.3) is 11.8 Å². The molecule has 0 saturated heterocycles. The third-order valence-corrected chi connectivity index (χ3v) is 7.82. The van der Waals surface area contributed by atoms with Gasteiger partial charge < -0.3 is 4.74 Å². The topological polar surface area (TPSA) is 86.7 Å². The number of nitrogens with zero attached hydrogens (tertiary/aromatic N) is 3. The number of rotatable bonds is 5. The number of benzene rings is 3. The highest BCUT2D eigenvalue weighted by Crippen LogP contribution is 2.41. The molecule has 38 heavy (non-hydrogen) atoms. The Morgan fingerprint density at radius 3 is 2.68 bits per heavy atom. The summed E-state index contributed by atoms with van der Waals surface area (Å²) in [4.78, 5) is 30.8. The van der Waals surface area contributed by atoms with Crippen LogP contribution in [0.1, 0.15) is 48.6 Å². The molecule has 1 atom stereocenters. The predicted molar refractivity (Wildman–Crippen MR) is 148 cm³/mol. The summed E-state index contributed by atoms with van der Waals surface area (Å²) in [5.74, 6) is 0.705. The number of thiazole rings is 1. The molecule has 0 radical (unpaired) electrons. The maximum absolute atomic E-state index is 14.0. The Morgan fingerprint density at radius 2 is 1.87 bits per heavy atom. The zero-order valence-electron chi connectivity index (χ0n) is 21.0. The van der Waals surface area contributed by atoms with E-state index in [-0.39, 0.29) is 17.4 Å².